The molecule has 2 heteroatoms. The molecule has 94 valence electrons. The highest BCUT2D eigenvalue weighted by Crippen LogP contribution is 2.30. The van der Waals surface area contributed by atoms with Crippen molar-refractivity contribution < 1.29 is 0 Å². The summed E-state index contributed by atoms with van der Waals surface area (Å²) in [5, 5.41) is 1.18. The zero-order chi connectivity index (χ0) is 13.2. The Labute approximate surface area is 112 Å². The lowest BCUT2D eigenvalue weighted by Crippen LogP contribution is -1.99. The van der Waals surface area contributed by atoms with Crippen LogP contribution in [0.25, 0.3) is 22.0 Å². The van der Waals surface area contributed by atoms with E-state index in [2.05, 4.69) is 54.4 Å². The molecular weight excluding hydrogens is 232 g/mol. The highest BCUT2D eigenvalue weighted by atomic mass is 14.6. The zero-order valence-corrected chi connectivity index (χ0v) is 10.9. The SMILES string of the molecule is Cc1ccc2nccc(-c3ccccc3CN)c2c1. The molecule has 0 fully saturated rings. The first-order valence-corrected chi connectivity index (χ1v) is 6.43. The summed E-state index contributed by atoms with van der Waals surface area (Å²) in [6.45, 7) is 2.65. The molecule has 1 heterocycles. The molecule has 2 N–H and O–H groups in total. The number of hydrogen-bond donors (Lipinski definition) is 1. The number of hydrogen-bond acceptors (Lipinski definition) is 2. The van der Waals surface area contributed by atoms with Crippen molar-refractivity contribution in [2.24, 2.45) is 5.73 Å². The standard InChI is InChI=1S/C17H16N2/c1-12-6-7-17-16(10-12)15(8-9-19-17)14-5-3-2-4-13(14)11-18/h2-10H,11,18H2,1H3. The molecule has 0 unspecified atom stereocenters. The minimum Gasteiger partial charge on any atom is -0.326 e. The van der Waals surface area contributed by atoms with Gasteiger partial charge in [0.2, 0.25) is 0 Å². The number of pyridine rings is 1. The average molecular weight is 248 g/mol. The van der Waals surface area contributed by atoms with Gasteiger partial charge in [-0.25, -0.2) is 0 Å². The maximum absolute atomic E-state index is 5.85. The van der Waals surface area contributed by atoms with Gasteiger partial charge in [0.05, 0.1) is 5.52 Å². The van der Waals surface area contributed by atoms with Crippen molar-refractivity contribution in [3.8, 4) is 11.1 Å². The molecule has 0 aliphatic heterocycles. The zero-order valence-electron chi connectivity index (χ0n) is 10.9. The van der Waals surface area contributed by atoms with Gasteiger partial charge in [-0.1, -0.05) is 35.9 Å². The first kappa shape index (κ1) is 11.9. The highest BCUT2D eigenvalue weighted by Gasteiger charge is 2.08. The van der Waals surface area contributed by atoms with E-state index in [1.807, 2.05) is 12.3 Å². The van der Waals surface area contributed by atoms with E-state index in [0.29, 0.717) is 6.54 Å². The predicted molar refractivity (Wildman–Crippen MR) is 79.8 cm³/mol. The fourth-order valence-corrected chi connectivity index (χ4v) is 2.46. The maximum Gasteiger partial charge on any atom is 0.0708 e. The van der Waals surface area contributed by atoms with Gasteiger partial charge in [0.25, 0.3) is 0 Å². The smallest absolute Gasteiger partial charge is 0.0708 e. The van der Waals surface area contributed by atoms with Crippen LogP contribution in [0.2, 0.25) is 0 Å². The van der Waals surface area contributed by atoms with Crippen LogP contribution in [0, 0.1) is 6.92 Å². The van der Waals surface area contributed by atoms with Crippen molar-refractivity contribution in [3.63, 3.8) is 0 Å². The Morgan fingerprint density at radius 1 is 1.00 bits per heavy atom. The fraction of sp³-hybridized carbons (Fsp3) is 0.118. The van der Waals surface area contributed by atoms with E-state index in [0.717, 1.165) is 11.1 Å². The van der Waals surface area contributed by atoms with Gasteiger partial charge >= 0.3 is 0 Å². The second-order valence-electron chi connectivity index (χ2n) is 4.74. The molecule has 0 atom stereocenters. The lowest BCUT2D eigenvalue weighted by molar-refractivity contribution is 1.07. The van der Waals surface area contributed by atoms with Gasteiger partial charge < -0.3 is 5.73 Å². The molecule has 0 spiro atoms. The second-order valence-corrected chi connectivity index (χ2v) is 4.74. The van der Waals surface area contributed by atoms with E-state index in [9.17, 15) is 0 Å². The number of nitrogens with zero attached hydrogens (tertiary/aromatic N) is 1. The number of nitrogens with two attached hydrogens (primary N) is 1. The minimum absolute atomic E-state index is 0.547. The van der Waals surface area contributed by atoms with Crippen molar-refractivity contribution in [2.45, 2.75) is 13.5 Å². The van der Waals surface area contributed by atoms with Gasteiger partial charge in [-0.2, -0.15) is 0 Å². The summed E-state index contributed by atoms with van der Waals surface area (Å²) in [5.41, 5.74) is 11.7. The lowest BCUT2D eigenvalue weighted by atomic mass is 9.96. The lowest BCUT2D eigenvalue weighted by Gasteiger charge is -2.11. The third-order valence-electron chi connectivity index (χ3n) is 3.42. The molecule has 0 radical (unpaired) electrons. The van der Waals surface area contributed by atoms with Gasteiger partial charge in [0.1, 0.15) is 0 Å². The summed E-state index contributed by atoms with van der Waals surface area (Å²) in [4.78, 5) is 4.43. The predicted octanol–water partition coefficient (Wildman–Crippen LogP) is 3.67. The Morgan fingerprint density at radius 3 is 2.68 bits per heavy atom. The van der Waals surface area contributed by atoms with E-state index in [1.54, 1.807) is 0 Å². The summed E-state index contributed by atoms with van der Waals surface area (Å²) in [6, 6.07) is 16.7. The van der Waals surface area contributed by atoms with Crippen molar-refractivity contribution in [1.82, 2.24) is 4.98 Å². The first-order valence-electron chi connectivity index (χ1n) is 6.43. The van der Waals surface area contributed by atoms with Crippen molar-refractivity contribution in [1.29, 1.82) is 0 Å². The monoisotopic (exact) mass is 248 g/mol. The van der Waals surface area contributed by atoms with Crippen LogP contribution in [-0.2, 0) is 6.54 Å². The molecule has 0 bridgehead atoms. The van der Waals surface area contributed by atoms with Crippen LogP contribution < -0.4 is 5.73 Å². The largest absolute Gasteiger partial charge is 0.326 e. The van der Waals surface area contributed by atoms with Gasteiger partial charge in [-0.3, -0.25) is 4.98 Å². The summed E-state index contributed by atoms with van der Waals surface area (Å²) < 4.78 is 0. The molecule has 3 rings (SSSR count). The molecule has 0 saturated heterocycles. The first-order chi connectivity index (χ1) is 9.29. The van der Waals surface area contributed by atoms with E-state index in [1.165, 1.54) is 22.1 Å². The Morgan fingerprint density at radius 2 is 1.84 bits per heavy atom. The van der Waals surface area contributed by atoms with Crippen LogP contribution in [-0.4, -0.2) is 4.98 Å². The number of rotatable bonds is 2. The van der Waals surface area contributed by atoms with Crippen LogP contribution in [0.4, 0.5) is 0 Å². The molecule has 0 aliphatic carbocycles. The van der Waals surface area contributed by atoms with Crippen LogP contribution in [0.5, 0.6) is 0 Å². The number of fused-ring (bicyclic) bond motifs is 1. The van der Waals surface area contributed by atoms with Gasteiger partial charge in [-0.05, 0) is 41.8 Å². The number of aryl methyl sites for hydroxylation is 1. The fourth-order valence-electron chi connectivity index (χ4n) is 2.46. The Balaban J connectivity index is 2.33. The molecule has 1 aromatic heterocycles. The normalized spacial score (nSPS) is 10.8. The molecule has 2 aromatic carbocycles. The Kier molecular flexibility index (Phi) is 3.02. The average Bonchev–Trinajstić information content (AvgIpc) is 2.46. The Bertz CT molecular complexity index is 732. The van der Waals surface area contributed by atoms with Gasteiger partial charge in [0.15, 0.2) is 0 Å². The molecular formula is C17H16N2. The Hall–Kier alpha value is -2.19. The second kappa shape index (κ2) is 4.82. The molecule has 19 heavy (non-hydrogen) atoms. The maximum atomic E-state index is 5.85. The summed E-state index contributed by atoms with van der Waals surface area (Å²) in [6.07, 6.45) is 1.86. The third-order valence-corrected chi connectivity index (χ3v) is 3.42. The molecule has 2 nitrogen and oxygen atoms in total. The number of aromatic nitrogens is 1. The topological polar surface area (TPSA) is 38.9 Å². The van der Waals surface area contributed by atoms with Crippen LogP contribution in [0.1, 0.15) is 11.1 Å². The van der Waals surface area contributed by atoms with Crippen molar-refractivity contribution in [3.05, 3.63) is 65.9 Å². The van der Waals surface area contributed by atoms with Crippen molar-refractivity contribution >= 4 is 10.9 Å². The molecule has 0 saturated carbocycles. The van der Waals surface area contributed by atoms with E-state index in [4.69, 9.17) is 5.73 Å². The highest BCUT2D eigenvalue weighted by molar-refractivity contribution is 5.95. The molecule has 0 aliphatic rings. The molecule has 0 amide bonds. The van der Waals surface area contributed by atoms with Gasteiger partial charge in [-0.15, -0.1) is 0 Å². The van der Waals surface area contributed by atoms with Crippen LogP contribution in [0.15, 0.2) is 54.7 Å². The van der Waals surface area contributed by atoms with E-state index < -0.39 is 0 Å². The molecule has 3 aromatic rings. The minimum atomic E-state index is 0.547. The quantitative estimate of drug-likeness (QED) is 0.751. The van der Waals surface area contributed by atoms with Gasteiger partial charge in [0, 0.05) is 18.1 Å². The van der Waals surface area contributed by atoms with Crippen LogP contribution >= 0.6 is 0 Å². The summed E-state index contributed by atoms with van der Waals surface area (Å²) >= 11 is 0. The number of benzene rings is 2. The summed E-state index contributed by atoms with van der Waals surface area (Å²) in [7, 11) is 0. The third kappa shape index (κ3) is 2.11. The van der Waals surface area contributed by atoms with E-state index >= 15 is 0 Å². The van der Waals surface area contributed by atoms with Crippen molar-refractivity contribution in [2.75, 3.05) is 0 Å². The van der Waals surface area contributed by atoms with Crippen LogP contribution in [0.3, 0.4) is 0 Å². The summed E-state index contributed by atoms with van der Waals surface area (Å²) in [5.74, 6) is 0. The van der Waals surface area contributed by atoms with E-state index in [-0.39, 0.29) is 0 Å².